The molecule has 3 rings (SSSR count). The summed E-state index contributed by atoms with van der Waals surface area (Å²) in [6.07, 6.45) is 6.86. The second-order valence-electron chi connectivity index (χ2n) is 4.99. The average Bonchev–Trinajstić information content (AvgIpc) is 3.02. The lowest BCUT2D eigenvalue weighted by Gasteiger charge is -2.26. The van der Waals surface area contributed by atoms with Crippen LogP contribution in [0.4, 0.5) is 11.9 Å². The first kappa shape index (κ1) is 13.7. The summed E-state index contributed by atoms with van der Waals surface area (Å²) in [6, 6.07) is 0. The minimum Gasteiger partial charge on any atom is -0.368 e. The number of anilines is 2. The minimum atomic E-state index is 0.163. The number of nitrogens with zero attached hydrogens (tertiary/aromatic N) is 7. The maximum atomic E-state index is 5.71. The van der Waals surface area contributed by atoms with Gasteiger partial charge in [0.2, 0.25) is 11.9 Å². The molecule has 1 aliphatic rings. The monoisotopic (exact) mass is 289 g/mol. The quantitative estimate of drug-likeness (QED) is 0.787. The van der Waals surface area contributed by atoms with Crippen LogP contribution in [-0.4, -0.2) is 60.8 Å². The predicted octanol–water partition coefficient (Wildman–Crippen LogP) is -0.0677. The Morgan fingerprint density at radius 2 is 2.00 bits per heavy atom. The van der Waals surface area contributed by atoms with Crippen LogP contribution in [0.2, 0.25) is 0 Å². The molecule has 0 atom stereocenters. The van der Waals surface area contributed by atoms with Crippen LogP contribution in [0.25, 0.3) is 5.95 Å². The molecule has 9 nitrogen and oxygen atoms in total. The molecule has 0 unspecified atom stereocenters. The first-order valence-corrected chi connectivity index (χ1v) is 7.14. The van der Waals surface area contributed by atoms with Crippen LogP contribution in [0, 0.1) is 0 Å². The van der Waals surface area contributed by atoms with Crippen LogP contribution in [0.3, 0.4) is 0 Å². The van der Waals surface area contributed by atoms with Crippen LogP contribution in [-0.2, 0) is 0 Å². The molecule has 0 amide bonds. The van der Waals surface area contributed by atoms with Crippen LogP contribution >= 0.6 is 0 Å². The van der Waals surface area contributed by atoms with Gasteiger partial charge in [0.25, 0.3) is 5.95 Å². The fourth-order valence-corrected chi connectivity index (χ4v) is 2.38. The van der Waals surface area contributed by atoms with Gasteiger partial charge >= 0.3 is 0 Å². The van der Waals surface area contributed by atoms with E-state index in [4.69, 9.17) is 5.73 Å². The van der Waals surface area contributed by atoms with Gasteiger partial charge in [-0.2, -0.15) is 24.7 Å². The van der Waals surface area contributed by atoms with Crippen LogP contribution < -0.4 is 11.1 Å². The van der Waals surface area contributed by atoms with Crippen molar-refractivity contribution in [3.8, 4) is 5.95 Å². The largest absolute Gasteiger partial charge is 0.368 e. The summed E-state index contributed by atoms with van der Waals surface area (Å²) in [5.41, 5.74) is 5.71. The molecule has 21 heavy (non-hydrogen) atoms. The highest BCUT2D eigenvalue weighted by molar-refractivity contribution is 5.34. The van der Waals surface area contributed by atoms with E-state index in [2.05, 4.69) is 35.3 Å². The smallest absolute Gasteiger partial charge is 0.258 e. The third-order valence-electron chi connectivity index (χ3n) is 3.42. The molecule has 0 aliphatic carbocycles. The Bertz CT molecular complexity index is 562. The van der Waals surface area contributed by atoms with Crippen molar-refractivity contribution in [2.45, 2.75) is 19.3 Å². The Morgan fingerprint density at radius 1 is 1.14 bits per heavy atom. The number of nitrogens with two attached hydrogens (primary N) is 1. The number of hydrogen-bond acceptors (Lipinski definition) is 8. The Balaban J connectivity index is 1.60. The summed E-state index contributed by atoms with van der Waals surface area (Å²) in [5, 5.41) is 7.17. The molecule has 2 aromatic heterocycles. The van der Waals surface area contributed by atoms with Crippen molar-refractivity contribution in [1.29, 1.82) is 0 Å². The fourth-order valence-electron chi connectivity index (χ4n) is 2.38. The van der Waals surface area contributed by atoms with E-state index in [1.54, 1.807) is 0 Å². The first-order chi connectivity index (χ1) is 10.3. The Morgan fingerprint density at radius 3 is 2.76 bits per heavy atom. The minimum absolute atomic E-state index is 0.163. The van der Waals surface area contributed by atoms with E-state index in [1.165, 1.54) is 49.7 Å². The SMILES string of the molecule is Nc1nc(NCCN2CCCCC2)nc(-n2cncn2)n1. The van der Waals surface area contributed by atoms with Gasteiger partial charge in [0, 0.05) is 13.1 Å². The lowest BCUT2D eigenvalue weighted by Crippen LogP contribution is -2.34. The van der Waals surface area contributed by atoms with Crippen LogP contribution in [0.5, 0.6) is 0 Å². The number of rotatable bonds is 5. The van der Waals surface area contributed by atoms with Crippen molar-refractivity contribution in [2.75, 3.05) is 37.2 Å². The number of aromatic nitrogens is 6. The van der Waals surface area contributed by atoms with Crippen molar-refractivity contribution in [1.82, 2.24) is 34.6 Å². The molecule has 0 bridgehead atoms. The number of nitrogens with one attached hydrogen (secondary N) is 1. The van der Waals surface area contributed by atoms with Gasteiger partial charge < -0.3 is 16.0 Å². The normalized spacial score (nSPS) is 16.0. The molecule has 3 N–H and O–H groups in total. The molecule has 9 heteroatoms. The van der Waals surface area contributed by atoms with E-state index in [9.17, 15) is 0 Å². The Labute approximate surface area is 122 Å². The molecule has 1 saturated heterocycles. The summed E-state index contributed by atoms with van der Waals surface area (Å²) in [4.78, 5) is 18.7. The zero-order valence-electron chi connectivity index (χ0n) is 11.8. The lowest BCUT2D eigenvalue weighted by atomic mass is 10.1. The molecule has 1 fully saturated rings. The molecule has 0 radical (unpaired) electrons. The van der Waals surface area contributed by atoms with Crippen molar-refractivity contribution in [3.63, 3.8) is 0 Å². The molecule has 1 aliphatic heterocycles. The number of piperidine rings is 1. The van der Waals surface area contributed by atoms with Gasteiger partial charge in [-0.25, -0.2) is 4.98 Å². The Hall–Kier alpha value is -2.29. The maximum absolute atomic E-state index is 5.71. The second-order valence-corrected chi connectivity index (χ2v) is 4.99. The van der Waals surface area contributed by atoms with E-state index in [0.29, 0.717) is 11.9 Å². The zero-order valence-corrected chi connectivity index (χ0v) is 11.8. The van der Waals surface area contributed by atoms with Gasteiger partial charge in [0.15, 0.2) is 0 Å². The Kier molecular flexibility index (Phi) is 4.20. The highest BCUT2D eigenvalue weighted by atomic mass is 15.4. The summed E-state index contributed by atoms with van der Waals surface area (Å²) >= 11 is 0. The van der Waals surface area contributed by atoms with Gasteiger partial charge in [0.1, 0.15) is 12.7 Å². The molecule has 112 valence electrons. The van der Waals surface area contributed by atoms with E-state index in [1.807, 2.05) is 0 Å². The fraction of sp³-hybridized carbons (Fsp3) is 0.583. The van der Waals surface area contributed by atoms with Gasteiger partial charge in [-0.15, -0.1) is 0 Å². The van der Waals surface area contributed by atoms with E-state index in [-0.39, 0.29) is 5.95 Å². The summed E-state index contributed by atoms with van der Waals surface area (Å²) in [6.45, 7) is 4.10. The maximum Gasteiger partial charge on any atom is 0.258 e. The molecule has 3 heterocycles. The van der Waals surface area contributed by atoms with Crippen molar-refractivity contribution in [3.05, 3.63) is 12.7 Å². The standard InChI is InChI=1S/C12H19N9/c13-10-17-11(15-4-7-20-5-2-1-3-6-20)19-12(18-10)21-9-14-8-16-21/h8-9H,1-7H2,(H3,13,15,17,18,19). The molecule has 0 spiro atoms. The first-order valence-electron chi connectivity index (χ1n) is 7.14. The average molecular weight is 289 g/mol. The van der Waals surface area contributed by atoms with Gasteiger partial charge in [-0.05, 0) is 25.9 Å². The topological polar surface area (TPSA) is 111 Å². The summed E-state index contributed by atoms with van der Waals surface area (Å²) < 4.78 is 1.45. The molecule has 2 aromatic rings. The highest BCUT2D eigenvalue weighted by Gasteiger charge is 2.10. The molecular weight excluding hydrogens is 270 g/mol. The van der Waals surface area contributed by atoms with Gasteiger partial charge in [-0.3, -0.25) is 0 Å². The predicted molar refractivity (Wildman–Crippen MR) is 77.9 cm³/mol. The summed E-state index contributed by atoms with van der Waals surface area (Å²) in [7, 11) is 0. The molecule has 0 saturated carbocycles. The van der Waals surface area contributed by atoms with E-state index >= 15 is 0 Å². The summed E-state index contributed by atoms with van der Waals surface area (Å²) in [5.74, 6) is 0.987. The van der Waals surface area contributed by atoms with Crippen molar-refractivity contribution < 1.29 is 0 Å². The number of nitrogen functional groups attached to an aromatic ring is 1. The number of likely N-dealkylation sites (tertiary alicyclic amines) is 1. The van der Waals surface area contributed by atoms with E-state index in [0.717, 1.165) is 13.1 Å². The lowest BCUT2D eigenvalue weighted by molar-refractivity contribution is 0.237. The third-order valence-corrected chi connectivity index (χ3v) is 3.42. The molecule has 0 aromatic carbocycles. The third kappa shape index (κ3) is 3.63. The zero-order chi connectivity index (χ0) is 14.5. The van der Waals surface area contributed by atoms with Crippen LogP contribution in [0.15, 0.2) is 12.7 Å². The highest BCUT2D eigenvalue weighted by Crippen LogP contribution is 2.09. The van der Waals surface area contributed by atoms with Gasteiger partial charge in [-0.1, -0.05) is 6.42 Å². The van der Waals surface area contributed by atoms with Crippen molar-refractivity contribution in [2.24, 2.45) is 0 Å². The van der Waals surface area contributed by atoms with Crippen molar-refractivity contribution >= 4 is 11.9 Å². The molecular formula is C12H19N9. The van der Waals surface area contributed by atoms with Crippen LogP contribution in [0.1, 0.15) is 19.3 Å². The van der Waals surface area contributed by atoms with Gasteiger partial charge in [0.05, 0.1) is 0 Å². The van der Waals surface area contributed by atoms with E-state index < -0.39 is 0 Å². The second kappa shape index (κ2) is 6.44. The number of hydrogen-bond donors (Lipinski definition) is 2.